The number of hydrogen-bond donors (Lipinski definition) is 2. The molecule has 2 aromatic rings. The van der Waals surface area contributed by atoms with Crippen LogP contribution in [0.4, 0.5) is 5.69 Å². The molecule has 1 aromatic heterocycles. The van der Waals surface area contributed by atoms with E-state index in [1.54, 1.807) is 31.3 Å². The number of hydrogen-bond acceptors (Lipinski definition) is 3. The molecule has 0 aliphatic carbocycles. The van der Waals surface area contributed by atoms with E-state index in [0.29, 0.717) is 24.6 Å². The Morgan fingerprint density at radius 1 is 1.43 bits per heavy atom. The fourth-order valence-corrected chi connectivity index (χ4v) is 2.21. The molecule has 112 valence electrons. The molecule has 0 saturated heterocycles. The van der Waals surface area contributed by atoms with Crippen LogP contribution >= 0.6 is 0 Å². The average molecular weight is 287 g/mol. The molecule has 0 atom stereocenters. The summed E-state index contributed by atoms with van der Waals surface area (Å²) in [5.41, 5.74) is 1.19. The minimum atomic E-state index is -0.126. The first kappa shape index (κ1) is 15.1. The normalized spacial score (nSPS) is 10.9. The summed E-state index contributed by atoms with van der Waals surface area (Å²) in [5.74, 6) is 1.29. The number of benzene rings is 1. The van der Waals surface area contributed by atoms with Gasteiger partial charge in [0.2, 0.25) is 5.91 Å². The number of rotatable bonds is 5. The maximum Gasteiger partial charge on any atom is 0.226 e. The number of phenolic OH excluding ortho intramolecular Hbond substituents is 1. The van der Waals surface area contributed by atoms with Gasteiger partial charge in [-0.1, -0.05) is 26.0 Å². The minimum absolute atomic E-state index is 0.122. The first-order valence-corrected chi connectivity index (χ1v) is 7.08. The van der Waals surface area contributed by atoms with Crippen molar-refractivity contribution in [1.82, 2.24) is 9.55 Å². The monoisotopic (exact) mass is 287 g/mol. The fourth-order valence-electron chi connectivity index (χ4n) is 2.21. The molecule has 21 heavy (non-hydrogen) atoms. The number of aromatic hydroxyl groups is 1. The lowest BCUT2D eigenvalue weighted by atomic mass is 10.2. The smallest absolute Gasteiger partial charge is 0.226 e. The number of para-hydroxylation sites is 1. The van der Waals surface area contributed by atoms with E-state index in [0.717, 1.165) is 11.4 Å². The van der Waals surface area contributed by atoms with Crippen molar-refractivity contribution < 1.29 is 9.90 Å². The summed E-state index contributed by atoms with van der Waals surface area (Å²) in [6.45, 7) is 6.52. The molecule has 1 amide bonds. The number of nitrogens with one attached hydrogen (secondary N) is 1. The zero-order valence-corrected chi connectivity index (χ0v) is 12.6. The first-order valence-electron chi connectivity index (χ1n) is 7.08. The highest BCUT2D eigenvalue weighted by atomic mass is 16.3. The van der Waals surface area contributed by atoms with E-state index in [-0.39, 0.29) is 11.7 Å². The molecule has 0 spiro atoms. The van der Waals surface area contributed by atoms with E-state index < -0.39 is 0 Å². The number of phenols is 1. The van der Waals surface area contributed by atoms with Crippen LogP contribution in [0, 0.1) is 6.92 Å². The van der Waals surface area contributed by atoms with E-state index >= 15 is 0 Å². The predicted octanol–water partition coefficient (Wildman–Crippen LogP) is 3.05. The number of carbonyl (C=O) groups excluding carboxylic acids is 1. The van der Waals surface area contributed by atoms with Gasteiger partial charge in [-0.2, -0.15) is 0 Å². The summed E-state index contributed by atoms with van der Waals surface area (Å²) in [6.07, 6.45) is 3.97. The molecule has 0 saturated carbocycles. The summed E-state index contributed by atoms with van der Waals surface area (Å²) in [6, 6.07) is 5.29. The summed E-state index contributed by atoms with van der Waals surface area (Å²) < 4.78 is 1.99. The third-order valence-corrected chi connectivity index (χ3v) is 3.36. The van der Waals surface area contributed by atoms with Crippen LogP contribution in [0.3, 0.4) is 0 Å². The number of aromatic nitrogens is 2. The SMILES string of the molecule is Cc1cccc(NC(=O)CCn2ccnc2C(C)C)c1O. The predicted molar refractivity (Wildman–Crippen MR) is 82.4 cm³/mol. The highest BCUT2D eigenvalue weighted by molar-refractivity contribution is 5.92. The van der Waals surface area contributed by atoms with E-state index in [9.17, 15) is 9.90 Å². The Hall–Kier alpha value is -2.30. The average Bonchev–Trinajstić information content (AvgIpc) is 2.90. The van der Waals surface area contributed by atoms with Gasteiger partial charge in [-0.15, -0.1) is 0 Å². The van der Waals surface area contributed by atoms with Gasteiger partial charge < -0.3 is 15.0 Å². The maximum atomic E-state index is 12.0. The highest BCUT2D eigenvalue weighted by Gasteiger charge is 2.11. The van der Waals surface area contributed by atoms with Crippen LogP contribution in [0.2, 0.25) is 0 Å². The molecule has 0 aliphatic rings. The van der Waals surface area contributed by atoms with E-state index in [2.05, 4.69) is 24.1 Å². The van der Waals surface area contributed by atoms with Crippen LogP contribution in [-0.2, 0) is 11.3 Å². The van der Waals surface area contributed by atoms with Crippen LogP contribution in [0.15, 0.2) is 30.6 Å². The zero-order chi connectivity index (χ0) is 15.4. The fraction of sp³-hybridized carbons (Fsp3) is 0.375. The van der Waals surface area contributed by atoms with Crippen LogP contribution in [0.1, 0.15) is 37.6 Å². The van der Waals surface area contributed by atoms with Gasteiger partial charge in [-0.25, -0.2) is 4.98 Å². The van der Waals surface area contributed by atoms with Crippen LogP contribution in [0.25, 0.3) is 0 Å². The number of amides is 1. The van der Waals surface area contributed by atoms with Crippen molar-refractivity contribution in [1.29, 1.82) is 0 Å². The van der Waals surface area contributed by atoms with Gasteiger partial charge in [0.15, 0.2) is 0 Å². The van der Waals surface area contributed by atoms with E-state index in [4.69, 9.17) is 0 Å². The third kappa shape index (κ3) is 3.62. The molecule has 0 unspecified atom stereocenters. The van der Waals surface area contributed by atoms with Crippen LogP contribution in [-0.4, -0.2) is 20.6 Å². The first-order chi connectivity index (χ1) is 9.99. The van der Waals surface area contributed by atoms with E-state index in [1.165, 1.54) is 0 Å². The maximum absolute atomic E-state index is 12.0. The number of nitrogens with zero attached hydrogens (tertiary/aromatic N) is 2. The number of aryl methyl sites for hydroxylation is 2. The minimum Gasteiger partial charge on any atom is -0.505 e. The Bertz CT molecular complexity index is 632. The second-order valence-electron chi connectivity index (χ2n) is 5.40. The summed E-state index contributed by atoms with van der Waals surface area (Å²) >= 11 is 0. The molecule has 0 radical (unpaired) electrons. The van der Waals surface area contributed by atoms with Gasteiger partial charge in [-0.05, 0) is 18.6 Å². The largest absolute Gasteiger partial charge is 0.505 e. The second kappa shape index (κ2) is 6.43. The summed E-state index contributed by atoms with van der Waals surface area (Å²) in [7, 11) is 0. The topological polar surface area (TPSA) is 67.2 Å². The standard InChI is InChI=1S/C16H21N3O2/c1-11(2)16-17-8-10-19(16)9-7-14(20)18-13-6-4-5-12(3)15(13)21/h4-6,8,10-11,21H,7,9H2,1-3H3,(H,18,20). The van der Waals surface area contributed by atoms with Gasteiger partial charge in [-0.3, -0.25) is 4.79 Å². The van der Waals surface area contributed by atoms with Crippen LogP contribution < -0.4 is 5.32 Å². The molecule has 2 N–H and O–H groups in total. The highest BCUT2D eigenvalue weighted by Crippen LogP contribution is 2.26. The lowest BCUT2D eigenvalue weighted by Crippen LogP contribution is -2.15. The molecule has 0 bridgehead atoms. The Morgan fingerprint density at radius 2 is 2.19 bits per heavy atom. The lowest BCUT2D eigenvalue weighted by molar-refractivity contribution is -0.116. The van der Waals surface area contributed by atoms with Gasteiger partial charge in [0.05, 0.1) is 5.69 Å². The summed E-state index contributed by atoms with van der Waals surface area (Å²) in [5, 5.41) is 12.6. The van der Waals surface area contributed by atoms with E-state index in [1.807, 2.05) is 10.8 Å². The Morgan fingerprint density at radius 3 is 2.90 bits per heavy atom. The molecule has 1 aromatic carbocycles. The Labute approximate surface area is 124 Å². The molecule has 0 fully saturated rings. The van der Waals surface area contributed by atoms with Gasteiger partial charge in [0, 0.05) is 31.3 Å². The number of carbonyl (C=O) groups is 1. The van der Waals surface area contributed by atoms with Gasteiger partial charge in [0.25, 0.3) is 0 Å². The van der Waals surface area contributed by atoms with Gasteiger partial charge >= 0.3 is 0 Å². The Kier molecular flexibility index (Phi) is 4.62. The number of imidazole rings is 1. The van der Waals surface area contributed by atoms with Crippen molar-refractivity contribution in [2.75, 3.05) is 5.32 Å². The third-order valence-electron chi connectivity index (χ3n) is 3.36. The van der Waals surface area contributed by atoms with Crippen molar-refractivity contribution in [3.05, 3.63) is 42.0 Å². The molecular weight excluding hydrogens is 266 g/mol. The second-order valence-corrected chi connectivity index (χ2v) is 5.40. The van der Waals surface area contributed by atoms with Crippen molar-refractivity contribution in [2.45, 2.75) is 39.7 Å². The van der Waals surface area contributed by atoms with Crippen LogP contribution in [0.5, 0.6) is 5.75 Å². The van der Waals surface area contributed by atoms with Crippen molar-refractivity contribution in [3.8, 4) is 5.75 Å². The van der Waals surface area contributed by atoms with Crippen molar-refractivity contribution in [3.63, 3.8) is 0 Å². The molecule has 5 nitrogen and oxygen atoms in total. The molecular formula is C16H21N3O2. The van der Waals surface area contributed by atoms with Gasteiger partial charge in [0.1, 0.15) is 11.6 Å². The lowest BCUT2D eigenvalue weighted by Gasteiger charge is -2.11. The van der Waals surface area contributed by atoms with Crippen molar-refractivity contribution >= 4 is 11.6 Å². The Balaban J connectivity index is 1.96. The quantitative estimate of drug-likeness (QED) is 0.831. The molecule has 0 aliphatic heterocycles. The number of anilines is 1. The molecule has 5 heteroatoms. The van der Waals surface area contributed by atoms with Crippen molar-refractivity contribution in [2.24, 2.45) is 0 Å². The summed E-state index contributed by atoms with van der Waals surface area (Å²) in [4.78, 5) is 16.3. The molecule has 1 heterocycles. The zero-order valence-electron chi connectivity index (χ0n) is 12.6. The molecule has 2 rings (SSSR count).